The summed E-state index contributed by atoms with van der Waals surface area (Å²) in [4.78, 5) is 16.3. The highest BCUT2D eigenvalue weighted by Crippen LogP contribution is 2.20. The summed E-state index contributed by atoms with van der Waals surface area (Å²) in [5, 5.41) is 2.90. The summed E-state index contributed by atoms with van der Waals surface area (Å²) in [6.45, 7) is 1.24. The van der Waals surface area contributed by atoms with Gasteiger partial charge in [0.15, 0.2) is 0 Å². The van der Waals surface area contributed by atoms with Gasteiger partial charge in [-0.25, -0.2) is 4.98 Å². The van der Waals surface area contributed by atoms with Crippen LogP contribution in [0.4, 0.5) is 5.69 Å². The zero-order valence-electron chi connectivity index (χ0n) is 14.6. The molecule has 0 aliphatic carbocycles. The van der Waals surface area contributed by atoms with Crippen molar-refractivity contribution < 1.29 is 14.3 Å². The first-order valence-corrected chi connectivity index (χ1v) is 8.35. The number of benzene rings is 2. The highest BCUT2D eigenvalue weighted by molar-refractivity contribution is 5.92. The molecule has 3 aromatic rings. The third-order valence-electron chi connectivity index (χ3n) is 3.84. The Bertz CT molecular complexity index is 847. The van der Waals surface area contributed by atoms with Crippen LogP contribution in [0.25, 0.3) is 0 Å². The Morgan fingerprint density at radius 2 is 2.08 bits per heavy atom. The number of rotatable bonds is 8. The highest BCUT2D eigenvalue weighted by atomic mass is 16.5. The summed E-state index contributed by atoms with van der Waals surface area (Å²) < 4.78 is 13.0. The number of methoxy groups -OCH3 is 1. The van der Waals surface area contributed by atoms with Crippen LogP contribution in [0.5, 0.6) is 11.5 Å². The van der Waals surface area contributed by atoms with E-state index in [1.807, 2.05) is 59.3 Å². The van der Waals surface area contributed by atoms with Crippen LogP contribution in [0.1, 0.15) is 5.56 Å². The van der Waals surface area contributed by atoms with Crippen molar-refractivity contribution in [3.8, 4) is 11.5 Å². The summed E-state index contributed by atoms with van der Waals surface area (Å²) >= 11 is 0. The minimum Gasteiger partial charge on any atom is -0.496 e. The Morgan fingerprint density at radius 1 is 1.19 bits per heavy atom. The first-order valence-electron chi connectivity index (χ1n) is 8.35. The number of carbonyl (C=O) groups excluding carboxylic acids is 1. The Kier molecular flexibility index (Phi) is 5.88. The molecule has 26 heavy (non-hydrogen) atoms. The number of nitrogens with one attached hydrogen (secondary N) is 1. The summed E-state index contributed by atoms with van der Waals surface area (Å²) in [5.41, 5.74) is 1.55. The number of para-hydroxylation sites is 1. The topological polar surface area (TPSA) is 65.4 Å². The fourth-order valence-corrected chi connectivity index (χ4v) is 2.58. The molecule has 1 N–H and O–H groups in total. The average Bonchev–Trinajstić information content (AvgIpc) is 3.16. The molecule has 134 valence electrons. The SMILES string of the molecule is COc1ccccc1CC(=O)Nc1cccc(OCCn2ccnc2)c1. The maximum Gasteiger partial charge on any atom is 0.228 e. The summed E-state index contributed by atoms with van der Waals surface area (Å²) in [7, 11) is 1.60. The van der Waals surface area contributed by atoms with E-state index in [0.29, 0.717) is 30.3 Å². The smallest absolute Gasteiger partial charge is 0.228 e. The van der Waals surface area contributed by atoms with E-state index in [4.69, 9.17) is 9.47 Å². The lowest BCUT2D eigenvalue weighted by molar-refractivity contribution is -0.115. The molecule has 1 aromatic heterocycles. The predicted molar refractivity (Wildman–Crippen MR) is 99.5 cm³/mol. The van der Waals surface area contributed by atoms with E-state index in [1.165, 1.54) is 0 Å². The largest absolute Gasteiger partial charge is 0.496 e. The number of amides is 1. The van der Waals surface area contributed by atoms with Gasteiger partial charge in [0.1, 0.15) is 18.1 Å². The average molecular weight is 351 g/mol. The van der Waals surface area contributed by atoms with Gasteiger partial charge in [-0.3, -0.25) is 4.79 Å². The second-order valence-electron chi connectivity index (χ2n) is 5.71. The molecule has 3 rings (SSSR count). The molecule has 1 amide bonds. The van der Waals surface area contributed by atoms with Gasteiger partial charge in [-0.2, -0.15) is 0 Å². The van der Waals surface area contributed by atoms with Gasteiger partial charge in [-0.05, 0) is 18.2 Å². The van der Waals surface area contributed by atoms with E-state index in [-0.39, 0.29) is 12.3 Å². The Labute approximate surface area is 152 Å². The van der Waals surface area contributed by atoms with Gasteiger partial charge >= 0.3 is 0 Å². The van der Waals surface area contributed by atoms with Crippen LogP contribution >= 0.6 is 0 Å². The van der Waals surface area contributed by atoms with Crippen LogP contribution in [0.15, 0.2) is 67.3 Å². The van der Waals surface area contributed by atoms with Gasteiger partial charge in [0, 0.05) is 29.7 Å². The molecule has 6 nitrogen and oxygen atoms in total. The molecule has 0 unspecified atom stereocenters. The van der Waals surface area contributed by atoms with E-state index in [1.54, 1.807) is 19.6 Å². The van der Waals surface area contributed by atoms with Crippen LogP contribution in [-0.4, -0.2) is 29.2 Å². The van der Waals surface area contributed by atoms with Gasteiger partial charge in [0.05, 0.1) is 26.4 Å². The first-order chi connectivity index (χ1) is 12.7. The van der Waals surface area contributed by atoms with Crippen LogP contribution in [0, 0.1) is 0 Å². The quantitative estimate of drug-likeness (QED) is 0.677. The molecule has 0 aliphatic heterocycles. The van der Waals surface area contributed by atoms with Crippen molar-refractivity contribution in [2.45, 2.75) is 13.0 Å². The van der Waals surface area contributed by atoms with Crippen molar-refractivity contribution in [2.24, 2.45) is 0 Å². The maximum atomic E-state index is 12.3. The fraction of sp³-hybridized carbons (Fsp3) is 0.200. The molecule has 0 radical (unpaired) electrons. The zero-order chi connectivity index (χ0) is 18.2. The minimum absolute atomic E-state index is 0.106. The van der Waals surface area contributed by atoms with Crippen LogP contribution in [0.2, 0.25) is 0 Å². The molecule has 6 heteroatoms. The summed E-state index contributed by atoms with van der Waals surface area (Å²) in [6, 6.07) is 14.9. The molecule has 2 aromatic carbocycles. The second kappa shape index (κ2) is 8.71. The number of carbonyl (C=O) groups is 1. The Morgan fingerprint density at radius 3 is 2.88 bits per heavy atom. The van der Waals surface area contributed by atoms with Gasteiger partial charge in [-0.15, -0.1) is 0 Å². The number of imidazole rings is 1. The van der Waals surface area contributed by atoms with Crippen LogP contribution in [-0.2, 0) is 17.8 Å². The van der Waals surface area contributed by atoms with Crippen LogP contribution < -0.4 is 14.8 Å². The molecule has 0 aliphatic rings. The third-order valence-corrected chi connectivity index (χ3v) is 3.84. The molecule has 1 heterocycles. The predicted octanol–water partition coefficient (Wildman–Crippen LogP) is 3.15. The van der Waals surface area contributed by atoms with E-state index in [2.05, 4.69) is 10.3 Å². The molecular weight excluding hydrogens is 330 g/mol. The maximum absolute atomic E-state index is 12.3. The molecule has 0 fully saturated rings. The number of nitrogens with zero attached hydrogens (tertiary/aromatic N) is 2. The van der Waals surface area contributed by atoms with Gasteiger partial charge < -0.3 is 19.4 Å². The molecule has 0 saturated carbocycles. The number of aromatic nitrogens is 2. The van der Waals surface area contributed by atoms with E-state index in [9.17, 15) is 4.79 Å². The Hall–Kier alpha value is -3.28. The lowest BCUT2D eigenvalue weighted by Gasteiger charge is -2.11. The van der Waals surface area contributed by atoms with Crippen molar-refractivity contribution in [3.05, 3.63) is 72.8 Å². The van der Waals surface area contributed by atoms with Crippen molar-refractivity contribution >= 4 is 11.6 Å². The molecular formula is C20H21N3O3. The van der Waals surface area contributed by atoms with Crippen molar-refractivity contribution in [1.82, 2.24) is 9.55 Å². The first kappa shape index (κ1) is 17.5. The summed E-state index contributed by atoms with van der Waals surface area (Å²) in [5.74, 6) is 1.31. The minimum atomic E-state index is -0.106. The van der Waals surface area contributed by atoms with Gasteiger partial charge in [-0.1, -0.05) is 24.3 Å². The number of hydrogen-bond acceptors (Lipinski definition) is 4. The molecule has 0 spiro atoms. The highest BCUT2D eigenvalue weighted by Gasteiger charge is 2.09. The molecule has 0 saturated heterocycles. The van der Waals surface area contributed by atoms with Gasteiger partial charge in [0.25, 0.3) is 0 Å². The third kappa shape index (κ3) is 4.86. The Balaban J connectivity index is 1.55. The van der Waals surface area contributed by atoms with E-state index >= 15 is 0 Å². The monoisotopic (exact) mass is 351 g/mol. The fourth-order valence-electron chi connectivity index (χ4n) is 2.58. The second-order valence-corrected chi connectivity index (χ2v) is 5.71. The van der Waals surface area contributed by atoms with Gasteiger partial charge in [0.2, 0.25) is 5.91 Å². The number of anilines is 1. The molecule has 0 atom stereocenters. The van der Waals surface area contributed by atoms with E-state index < -0.39 is 0 Å². The van der Waals surface area contributed by atoms with Crippen molar-refractivity contribution in [1.29, 1.82) is 0 Å². The van der Waals surface area contributed by atoms with Crippen molar-refractivity contribution in [3.63, 3.8) is 0 Å². The standard InChI is InChI=1S/C20H21N3O3/c1-25-19-8-3-2-5-16(19)13-20(24)22-17-6-4-7-18(14-17)26-12-11-23-10-9-21-15-23/h2-10,14-15H,11-13H2,1H3,(H,22,24). The zero-order valence-corrected chi connectivity index (χ0v) is 14.6. The van der Waals surface area contributed by atoms with Crippen LogP contribution in [0.3, 0.4) is 0 Å². The lowest BCUT2D eigenvalue weighted by atomic mass is 10.1. The summed E-state index contributed by atoms with van der Waals surface area (Å²) in [6.07, 6.45) is 5.61. The molecule has 0 bridgehead atoms. The number of ether oxygens (including phenoxy) is 2. The van der Waals surface area contributed by atoms with E-state index in [0.717, 1.165) is 5.56 Å². The lowest BCUT2D eigenvalue weighted by Crippen LogP contribution is -2.15. The normalized spacial score (nSPS) is 10.3. The number of hydrogen-bond donors (Lipinski definition) is 1. The van der Waals surface area contributed by atoms with Crippen molar-refractivity contribution in [2.75, 3.05) is 19.0 Å².